The van der Waals surface area contributed by atoms with Crippen molar-refractivity contribution in [3.05, 3.63) is 59.0 Å². The number of anilines is 2. The van der Waals surface area contributed by atoms with Gasteiger partial charge in [0.05, 0.1) is 22.8 Å². The lowest BCUT2D eigenvalue weighted by molar-refractivity contribution is -0.120. The monoisotopic (exact) mass is 424 g/mol. The molecule has 0 saturated heterocycles. The van der Waals surface area contributed by atoms with Gasteiger partial charge in [-0.15, -0.1) is 11.8 Å². The van der Waals surface area contributed by atoms with E-state index >= 15 is 0 Å². The zero-order chi connectivity index (χ0) is 21.8. The Morgan fingerprint density at radius 2 is 1.67 bits per heavy atom. The molecule has 1 N–H and O–H groups in total. The molecule has 156 valence electrons. The highest BCUT2D eigenvalue weighted by atomic mass is 32.2. The summed E-state index contributed by atoms with van der Waals surface area (Å²) in [4.78, 5) is 39.4. The Labute approximate surface area is 180 Å². The predicted octanol–water partition coefficient (Wildman–Crippen LogP) is 4.47. The molecule has 0 aliphatic carbocycles. The van der Waals surface area contributed by atoms with Crippen molar-refractivity contribution in [1.82, 2.24) is 0 Å². The van der Waals surface area contributed by atoms with Gasteiger partial charge in [-0.3, -0.25) is 14.4 Å². The van der Waals surface area contributed by atoms with E-state index in [1.165, 1.54) is 23.6 Å². The largest absolute Gasteiger partial charge is 0.494 e. The van der Waals surface area contributed by atoms with Crippen LogP contribution in [0.3, 0.4) is 0 Å². The summed E-state index contributed by atoms with van der Waals surface area (Å²) in [6, 6.07) is 13.8. The number of carbonyl (C=O) groups is 3. The van der Waals surface area contributed by atoms with Crippen LogP contribution in [0, 0.1) is 0 Å². The fourth-order valence-corrected chi connectivity index (χ4v) is 4.11. The van der Waals surface area contributed by atoms with Crippen LogP contribution in [0.25, 0.3) is 5.57 Å². The second kappa shape index (κ2) is 9.17. The second-order valence-corrected chi connectivity index (χ2v) is 8.59. The van der Waals surface area contributed by atoms with Crippen molar-refractivity contribution in [2.75, 3.05) is 16.8 Å². The normalized spacial score (nSPS) is 14.0. The minimum Gasteiger partial charge on any atom is -0.494 e. The summed E-state index contributed by atoms with van der Waals surface area (Å²) in [5, 5.41) is 2.83. The Kier molecular flexibility index (Phi) is 6.62. The average molecular weight is 425 g/mol. The average Bonchev–Trinajstić information content (AvgIpc) is 2.92. The van der Waals surface area contributed by atoms with Crippen LogP contribution in [0.5, 0.6) is 5.75 Å². The van der Waals surface area contributed by atoms with Gasteiger partial charge in [0.2, 0.25) is 5.91 Å². The number of carbonyl (C=O) groups excluding carboxylic acids is 3. The van der Waals surface area contributed by atoms with Gasteiger partial charge in [0.25, 0.3) is 11.8 Å². The van der Waals surface area contributed by atoms with Gasteiger partial charge >= 0.3 is 0 Å². The molecule has 0 radical (unpaired) electrons. The zero-order valence-electron chi connectivity index (χ0n) is 17.4. The van der Waals surface area contributed by atoms with Crippen LogP contribution in [-0.4, -0.2) is 29.6 Å². The first-order valence-electron chi connectivity index (χ1n) is 9.72. The lowest BCUT2D eigenvalue weighted by Gasteiger charge is -2.16. The van der Waals surface area contributed by atoms with E-state index < -0.39 is 0 Å². The quantitative estimate of drug-likeness (QED) is 0.664. The zero-order valence-corrected chi connectivity index (χ0v) is 18.2. The number of nitrogens with zero attached hydrogens (tertiary/aromatic N) is 1. The number of imide groups is 1. The van der Waals surface area contributed by atoms with Crippen LogP contribution >= 0.6 is 11.8 Å². The number of amides is 3. The molecule has 0 aromatic heterocycles. The molecule has 0 saturated carbocycles. The molecule has 1 aliphatic rings. The summed E-state index contributed by atoms with van der Waals surface area (Å²) >= 11 is 1.37. The second-order valence-electron chi connectivity index (χ2n) is 7.00. The minimum absolute atomic E-state index is 0.130. The Morgan fingerprint density at radius 1 is 1.03 bits per heavy atom. The molecule has 3 rings (SSSR count). The standard InChI is InChI=1S/C23H24N2O4S/c1-5-29-19-12-10-18(11-13-19)25-22(27)20(21(23(25)28)30-14(2)3)16-6-8-17(9-7-16)24-15(4)26/h6-14H,5H2,1-4H3,(H,24,26). The Hall–Kier alpha value is -3.06. The number of rotatable bonds is 7. The molecule has 0 unspecified atom stereocenters. The SMILES string of the molecule is CCOc1ccc(N2C(=O)C(SC(C)C)=C(c3ccc(NC(C)=O)cc3)C2=O)cc1. The minimum atomic E-state index is -0.361. The van der Waals surface area contributed by atoms with Gasteiger partial charge in [0.1, 0.15) is 5.75 Å². The highest BCUT2D eigenvalue weighted by Gasteiger charge is 2.40. The number of benzene rings is 2. The van der Waals surface area contributed by atoms with E-state index in [0.29, 0.717) is 39.8 Å². The van der Waals surface area contributed by atoms with Crippen molar-refractivity contribution in [2.24, 2.45) is 0 Å². The lowest BCUT2D eigenvalue weighted by Crippen LogP contribution is -2.31. The number of nitrogens with one attached hydrogen (secondary N) is 1. The highest BCUT2D eigenvalue weighted by molar-refractivity contribution is 8.04. The van der Waals surface area contributed by atoms with Gasteiger partial charge in [0.15, 0.2) is 0 Å². The van der Waals surface area contributed by atoms with E-state index in [-0.39, 0.29) is 23.0 Å². The van der Waals surface area contributed by atoms with Crippen molar-refractivity contribution >= 4 is 46.4 Å². The first-order valence-corrected chi connectivity index (χ1v) is 10.6. The maximum Gasteiger partial charge on any atom is 0.272 e. The Morgan fingerprint density at radius 3 is 2.20 bits per heavy atom. The lowest BCUT2D eigenvalue weighted by atomic mass is 10.1. The molecule has 2 aromatic rings. The first kappa shape index (κ1) is 21.6. The summed E-state index contributed by atoms with van der Waals surface area (Å²) in [7, 11) is 0. The fraction of sp³-hybridized carbons (Fsp3) is 0.261. The van der Waals surface area contributed by atoms with Crippen molar-refractivity contribution in [3.8, 4) is 5.75 Å². The molecule has 1 aliphatic heterocycles. The van der Waals surface area contributed by atoms with Gasteiger partial charge in [-0.1, -0.05) is 26.0 Å². The summed E-state index contributed by atoms with van der Waals surface area (Å²) in [5.41, 5.74) is 2.14. The third-order valence-electron chi connectivity index (χ3n) is 4.29. The van der Waals surface area contributed by atoms with Crippen molar-refractivity contribution in [2.45, 2.75) is 32.9 Å². The van der Waals surface area contributed by atoms with Crippen molar-refractivity contribution in [3.63, 3.8) is 0 Å². The van der Waals surface area contributed by atoms with E-state index in [0.717, 1.165) is 0 Å². The number of hydrogen-bond acceptors (Lipinski definition) is 5. The molecule has 2 aromatic carbocycles. The van der Waals surface area contributed by atoms with Crippen molar-refractivity contribution in [1.29, 1.82) is 0 Å². The van der Waals surface area contributed by atoms with Gasteiger partial charge in [-0.05, 0) is 48.9 Å². The van der Waals surface area contributed by atoms with Gasteiger partial charge in [-0.25, -0.2) is 4.90 Å². The number of hydrogen-bond donors (Lipinski definition) is 1. The molecular formula is C23H24N2O4S. The first-order chi connectivity index (χ1) is 14.3. The van der Waals surface area contributed by atoms with E-state index in [1.807, 2.05) is 20.8 Å². The van der Waals surface area contributed by atoms with Crippen LogP contribution in [0.1, 0.15) is 33.3 Å². The Balaban J connectivity index is 1.98. The third kappa shape index (κ3) is 4.57. The molecule has 30 heavy (non-hydrogen) atoms. The number of thioether (sulfide) groups is 1. The van der Waals surface area contributed by atoms with Crippen LogP contribution in [0.2, 0.25) is 0 Å². The predicted molar refractivity (Wildman–Crippen MR) is 120 cm³/mol. The molecule has 0 atom stereocenters. The summed E-state index contributed by atoms with van der Waals surface area (Å²) in [5.74, 6) is -0.186. The molecule has 0 bridgehead atoms. The summed E-state index contributed by atoms with van der Waals surface area (Å²) in [6.07, 6.45) is 0. The van der Waals surface area contributed by atoms with E-state index in [9.17, 15) is 14.4 Å². The van der Waals surface area contributed by atoms with E-state index in [4.69, 9.17) is 4.74 Å². The highest BCUT2D eigenvalue weighted by Crippen LogP contribution is 2.40. The third-order valence-corrected chi connectivity index (χ3v) is 5.38. The van der Waals surface area contributed by atoms with Crippen LogP contribution < -0.4 is 15.0 Å². The summed E-state index contributed by atoms with van der Waals surface area (Å²) in [6.45, 7) is 7.82. The molecule has 1 heterocycles. The maximum absolute atomic E-state index is 13.3. The molecule has 0 fully saturated rings. The topological polar surface area (TPSA) is 75.7 Å². The number of ether oxygens (including phenoxy) is 1. The van der Waals surface area contributed by atoms with Gasteiger partial charge < -0.3 is 10.1 Å². The van der Waals surface area contributed by atoms with Gasteiger partial charge in [-0.2, -0.15) is 0 Å². The van der Waals surface area contributed by atoms with E-state index in [1.54, 1.807) is 48.5 Å². The van der Waals surface area contributed by atoms with Crippen LogP contribution in [-0.2, 0) is 14.4 Å². The molecule has 6 nitrogen and oxygen atoms in total. The molecular weight excluding hydrogens is 400 g/mol. The van der Waals surface area contributed by atoms with Crippen LogP contribution in [0.15, 0.2) is 53.4 Å². The summed E-state index contributed by atoms with van der Waals surface area (Å²) < 4.78 is 5.45. The molecule has 3 amide bonds. The molecule has 0 spiro atoms. The van der Waals surface area contributed by atoms with E-state index in [2.05, 4.69) is 5.32 Å². The van der Waals surface area contributed by atoms with Crippen LogP contribution in [0.4, 0.5) is 11.4 Å². The Bertz CT molecular complexity index is 995. The van der Waals surface area contributed by atoms with Gasteiger partial charge in [0, 0.05) is 17.9 Å². The fourth-order valence-electron chi connectivity index (χ4n) is 3.13. The molecule has 7 heteroatoms. The maximum atomic E-state index is 13.3. The van der Waals surface area contributed by atoms with Crippen molar-refractivity contribution < 1.29 is 19.1 Å². The smallest absolute Gasteiger partial charge is 0.272 e.